The molecule has 0 radical (unpaired) electrons. The molecule has 2 unspecified atom stereocenters. The zero-order valence-corrected chi connectivity index (χ0v) is 17.6. The third-order valence-corrected chi connectivity index (χ3v) is 5.57. The molecule has 0 aliphatic heterocycles. The Labute approximate surface area is 173 Å². The van der Waals surface area contributed by atoms with E-state index in [0.29, 0.717) is 5.92 Å². The van der Waals surface area contributed by atoms with Gasteiger partial charge in [-0.05, 0) is 62.4 Å². The number of hydrogen-bond acceptors (Lipinski definition) is 3. The SMILES string of the molecule is COc1ccc(N(C(=O)CC(NC(C)=O)c2ccc(C)cc2)C(C)C2CC2)cc1. The van der Waals surface area contributed by atoms with E-state index in [-0.39, 0.29) is 30.3 Å². The smallest absolute Gasteiger partial charge is 0.229 e. The van der Waals surface area contributed by atoms with Crippen molar-refractivity contribution in [1.29, 1.82) is 0 Å². The van der Waals surface area contributed by atoms with Gasteiger partial charge in [-0.15, -0.1) is 0 Å². The fourth-order valence-corrected chi connectivity index (χ4v) is 3.71. The molecule has 1 fully saturated rings. The molecule has 3 rings (SSSR count). The van der Waals surface area contributed by atoms with Crippen molar-refractivity contribution in [2.75, 3.05) is 12.0 Å². The summed E-state index contributed by atoms with van der Waals surface area (Å²) >= 11 is 0. The number of nitrogens with one attached hydrogen (secondary N) is 1. The summed E-state index contributed by atoms with van der Waals surface area (Å²) in [6.07, 6.45) is 2.51. The Morgan fingerprint density at radius 3 is 2.24 bits per heavy atom. The van der Waals surface area contributed by atoms with Crippen LogP contribution in [-0.2, 0) is 9.59 Å². The Bertz CT molecular complexity index is 841. The lowest BCUT2D eigenvalue weighted by Crippen LogP contribution is -2.42. The van der Waals surface area contributed by atoms with E-state index in [9.17, 15) is 9.59 Å². The van der Waals surface area contributed by atoms with Crippen molar-refractivity contribution in [3.05, 3.63) is 59.7 Å². The van der Waals surface area contributed by atoms with E-state index >= 15 is 0 Å². The van der Waals surface area contributed by atoms with Gasteiger partial charge in [0, 0.05) is 18.7 Å². The number of methoxy groups -OCH3 is 1. The number of nitrogens with zero attached hydrogens (tertiary/aromatic N) is 1. The number of amides is 2. The number of anilines is 1. The van der Waals surface area contributed by atoms with E-state index in [4.69, 9.17) is 4.74 Å². The van der Waals surface area contributed by atoms with Gasteiger partial charge >= 0.3 is 0 Å². The third-order valence-electron chi connectivity index (χ3n) is 5.57. The maximum absolute atomic E-state index is 13.4. The molecule has 2 atom stereocenters. The maximum atomic E-state index is 13.4. The summed E-state index contributed by atoms with van der Waals surface area (Å²) in [5.74, 6) is 1.15. The van der Waals surface area contributed by atoms with Crippen LogP contribution in [0.15, 0.2) is 48.5 Å². The molecular formula is C24H30N2O3. The van der Waals surface area contributed by atoms with Crippen molar-refractivity contribution in [3.8, 4) is 5.75 Å². The topological polar surface area (TPSA) is 58.6 Å². The van der Waals surface area contributed by atoms with Crippen LogP contribution in [0.3, 0.4) is 0 Å². The Morgan fingerprint density at radius 2 is 1.72 bits per heavy atom. The van der Waals surface area contributed by atoms with E-state index in [2.05, 4.69) is 12.2 Å². The minimum atomic E-state index is -0.354. The number of aryl methyl sites for hydroxylation is 1. The average Bonchev–Trinajstić information content (AvgIpc) is 3.54. The van der Waals surface area contributed by atoms with Gasteiger partial charge in [-0.25, -0.2) is 0 Å². The van der Waals surface area contributed by atoms with Gasteiger partial charge in [0.2, 0.25) is 11.8 Å². The van der Waals surface area contributed by atoms with Crippen molar-refractivity contribution in [3.63, 3.8) is 0 Å². The molecule has 154 valence electrons. The average molecular weight is 395 g/mol. The number of rotatable bonds is 8. The molecule has 2 amide bonds. The second-order valence-corrected chi connectivity index (χ2v) is 7.91. The predicted molar refractivity (Wildman–Crippen MR) is 115 cm³/mol. The van der Waals surface area contributed by atoms with Crippen LogP contribution in [0, 0.1) is 12.8 Å². The number of hydrogen-bond donors (Lipinski definition) is 1. The fraction of sp³-hybridized carbons (Fsp3) is 0.417. The highest BCUT2D eigenvalue weighted by molar-refractivity contribution is 5.95. The lowest BCUT2D eigenvalue weighted by atomic mass is 10.0. The Hall–Kier alpha value is -2.82. The van der Waals surface area contributed by atoms with Crippen LogP contribution >= 0.6 is 0 Å². The van der Waals surface area contributed by atoms with Crippen LogP contribution in [0.4, 0.5) is 5.69 Å². The Kier molecular flexibility index (Phi) is 6.57. The molecule has 1 aliphatic carbocycles. The van der Waals surface area contributed by atoms with Crippen LogP contribution in [0.1, 0.15) is 50.3 Å². The van der Waals surface area contributed by atoms with Gasteiger partial charge in [0.1, 0.15) is 5.75 Å². The molecule has 1 aliphatic rings. The molecule has 5 heteroatoms. The lowest BCUT2D eigenvalue weighted by molar-refractivity contribution is -0.121. The minimum Gasteiger partial charge on any atom is -0.497 e. The first-order valence-electron chi connectivity index (χ1n) is 10.2. The highest BCUT2D eigenvalue weighted by atomic mass is 16.5. The first-order chi connectivity index (χ1) is 13.9. The Morgan fingerprint density at radius 1 is 1.10 bits per heavy atom. The number of carbonyl (C=O) groups is 2. The highest BCUT2D eigenvalue weighted by Crippen LogP contribution is 2.38. The number of ether oxygens (including phenoxy) is 1. The molecule has 5 nitrogen and oxygen atoms in total. The maximum Gasteiger partial charge on any atom is 0.229 e. The van der Waals surface area contributed by atoms with Crippen molar-refractivity contribution in [2.45, 2.75) is 52.1 Å². The van der Waals surface area contributed by atoms with E-state index in [1.165, 1.54) is 6.92 Å². The molecule has 2 aromatic rings. The van der Waals surface area contributed by atoms with Gasteiger partial charge in [0.25, 0.3) is 0 Å². The molecule has 0 saturated heterocycles. The summed E-state index contributed by atoms with van der Waals surface area (Å²) in [6.45, 7) is 5.61. The van der Waals surface area contributed by atoms with E-state index in [0.717, 1.165) is 35.4 Å². The second-order valence-electron chi connectivity index (χ2n) is 7.91. The molecule has 29 heavy (non-hydrogen) atoms. The molecule has 2 aromatic carbocycles. The molecule has 0 heterocycles. The van der Waals surface area contributed by atoms with Gasteiger partial charge in [-0.3, -0.25) is 9.59 Å². The molecule has 0 aromatic heterocycles. The van der Waals surface area contributed by atoms with Crippen molar-refractivity contribution in [1.82, 2.24) is 5.32 Å². The van der Waals surface area contributed by atoms with Crippen LogP contribution in [0.2, 0.25) is 0 Å². The minimum absolute atomic E-state index is 0.00823. The summed E-state index contributed by atoms with van der Waals surface area (Å²) in [6, 6.07) is 15.3. The first-order valence-corrected chi connectivity index (χ1v) is 10.2. The normalized spacial score (nSPS) is 15.3. The zero-order chi connectivity index (χ0) is 21.0. The molecule has 0 spiro atoms. The predicted octanol–water partition coefficient (Wildman–Crippen LogP) is 4.40. The molecule has 0 bridgehead atoms. The monoisotopic (exact) mass is 394 g/mol. The van der Waals surface area contributed by atoms with Crippen LogP contribution in [-0.4, -0.2) is 25.0 Å². The molecular weight excluding hydrogens is 364 g/mol. The van der Waals surface area contributed by atoms with Gasteiger partial charge in [-0.2, -0.15) is 0 Å². The number of benzene rings is 2. The number of carbonyl (C=O) groups excluding carboxylic acids is 2. The van der Waals surface area contributed by atoms with E-state index in [1.807, 2.05) is 60.4 Å². The van der Waals surface area contributed by atoms with E-state index in [1.54, 1.807) is 7.11 Å². The lowest BCUT2D eigenvalue weighted by Gasteiger charge is -2.31. The highest BCUT2D eigenvalue weighted by Gasteiger charge is 2.36. The molecule has 1 saturated carbocycles. The summed E-state index contributed by atoms with van der Waals surface area (Å²) in [7, 11) is 1.63. The zero-order valence-electron chi connectivity index (χ0n) is 17.6. The quantitative estimate of drug-likeness (QED) is 0.722. The van der Waals surface area contributed by atoms with Crippen LogP contribution < -0.4 is 15.0 Å². The van der Waals surface area contributed by atoms with E-state index < -0.39 is 0 Å². The van der Waals surface area contributed by atoms with Gasteiger partial charge in [0.15, 0.2) is 0 Å². The van der Waals surface area contributed by atoms with Crippen LogP contribution in [0.5, 0.6) is 5.75 Å². The largest absolute Gasteiger partial charge is 0.497 e. The second kappa shape index (κ2) is 9.12. The van der Waals surface area contributed by atoms with Gasteiger partial charge in [0.05, 0.1) is 19.6 Å². The fourth-order valence-electron chi connectivity index (χ4n) is 3.71. The van der Waals surface area contributed by atoms with Gasteiger partial charge in [-0.1, -0.05) is 29.8 Å². The molecule has 1 N–H and O–H groups in total. The van der Waals surface area contributed by atoms with Crippen molar-refractivity contribution in [2.24, 2.45) is 5.92 Å². The van der Waals surface area contributed by atoms with Crippen molar-refractivity contribution < 1.29 is 14.3 Å². The summed E-state index contributed by atoms with van der Waals surface area (Å²) in [4.78, 5) is 27.1. The standard InChI is InChI=1S/C24H30N2O3/c1-16-5-7-20(8-6-16)23(25-18(3)27)15-24(28)26(17(2)19-9-10-19)21-11-13-22(29-4)14-12-21/h5-8,11-14,17,19,23H,9-10,15H2,1-4H3,(H,25,27). The van der Waals surface area contributed by atoms with Crippen LogP contribution in [0.25, 0.3) is 0 Å². The third kappa shape index (κ3) is 5.37. The summed E-state index contributed by atoms with van der Waals surface area (Å²) < 4.78 is 5.25. The Balaban J connectivity index is 1.86. The van der Waals surface area contributed by atoms with Crippen molar-refractivity contribution >= 4 is 17.5 Å². The van der Waals surface area contributed by atoms with Gasteiger partial charge < -0.3 is 15.0 Å². The first kappa shape index (κ1) is 20.9. The summed E-state index contributed by atoms with van der Waals surface area (Å²) in [5, 5.41) is 2.95. The summed E-state index contributed by atoms with van der Waals surface area (Å²) in [5.41, 5.74) is 2.94.